The van der Waals surface area contributed by atoms with Gasteiger partial charge in [-0.25, -0.2) is 9.97 Å². The van der Waals surface area contributed by atoms with Crippen LogP contribution < -0.4 is 5.32 Å². The molecule has 4 aromatic rings. The second kappa shape index (κ2) is 5.45. The Morgan fingerprint density at radius 2 is 2.00 bits per heavy atom. The zero-order chi connectivity index (χ0) is 16.7. The molecule has 0 spiro atoms. The van der Waals surface area contributed by atoms with Gasteiger partial charge in [-0.2, -0.15) is 0 Å². The summed E-state index contributed by atoms with van der Waals surface area (Å²) in [4.78, 5) is 23.6. The van der Waals surface area contributed by atoms with Gasteiger partial charge in [0.05, 0.1) is 11.2 Å². The van der Waals surface area contributed by atoms with Crippen LogP contribution in [0.2, 0.25) is 0 Å². The highest BCUT2D eigenvalue weighted by Gasteiger charge is 2.10. The number of hydrogen-bond acceptors (Lipinski definition) is 4. The minimum absolute atomic E-state index is 0.0466. The number of aryl methyl sites for hydroxylation is 1. The van der Waals surface area contributed by atoms with Crippen LogP contribution in [0.15, 0.2) is 48.8 Å². The third-order valence-electron chi connectivity index (χ3n) is 4.05. The molecule has 5 heteroatoms. The normalized spacial score (nSPS) is 11.1. The van der Waals surface area contributed by atoms with Gasteiger partial charge in [0.2, 0.25) is 0 Å². The van der Waals surface area contributed by atoms with Crippen molar-refractivity contribution in [1.29, 1.82) is 0 Å². The Morgan fingerprint density at radius 1 is 1.12 bits per heavy atom. The van der Waals surface area contributed by atoms with Crippen LogP contribution in [0.4, 0.5) is 11.4 Å². The van der Waals surface area contributed by atoms with Crippen LogP contribution in [0.1, 0.15) is 23.0 Å². The van der Waals surface area contributed by atoms with Gasteiger partial charge in [0.15, 0.2) is 5.78 Å². The summed E-state index contributed by atoms with van der Waals surface area (Å²) >= 11 is 0. The zero-order valence-corrected chi connectivity index (χ0v) is 13.4. The summed E-state index contributed by atoms with van der Waals surface area (Å²) in [5.41, 5.74) is 6.23. The van der Waals surface area contributed by atoms with E-state index in [1.165, 1.54) is 0 Å². The molecule has 0 saturated carbocycles. The molecule has 0 atom stereocenters. The predicted octanol–water partition coefficient (Wildman–Crippen LogP) is 4.37. The third-order valence-corrected chi connectivity index (χ3v) is 4.05. The number of aromatic amines is 1. The Kier molecular flexibility index (Phi) is 3.27. The summed E-state index contributed by atoms with van der Waals surface area (Å²) in [7, 11) is 0. The molecule has 2 N–H and O–H groups in total. The number of nitrogens with one attached hydrogen (secondary N) is 2. The molecule has 0 unspecified atom stereocenters. The average Bonchev–Trinajstić information content (AvgIpc) is 3.03. The third kappa shape index (κ3) is 2.40. The predicted molar refractivity (Wildman–Crippen MR) is 95.9 cm³/mol. The quantitative estimate of drug-likeness (QED) is 0.551. The lowest BCUT2D eigenvalue weighted by molar-refractivity contribution is 0.101. The van der Waals surface area contributed by atoms with Crippen LogP contribution in [0.5, 0.6) is 0 Å². The van der Waals surface area contributed by atoms with Gasteiger partial charge < -0.3 is 10.3 Å². The van der Waals surface area contributed by atoms with Gasteiger partial charge in [0.1, 0.15) is 11.8 Å². The highest BCUT2D eigenvalue weighted by Crippen LogP contribution is 2.31. The summed E-state index contributed by atoms with van der Waals surface area (Å²) in [6.45, 7) is 3.58. The zero-order valence-electron chi connectivity index (χ0n) is 13.4. The summed E-state index contributed by atoms with van der Waals surface area (Å²) in [5.74, 6) is 0.0466. The van der Waals surface area contributed by atoms with Crippen LogP contribution in [0, 0.1) is 6.92 Å². The Labute approximate surface area is 138 Å². The second-order valence-electron chi connectivity index (χ2n) is 5.86. The maximum absolute atomic E-state index is 11.6. The molecule has 2 aromatic heterocycles. The van der Waals surface area contributed by atoms with Gasteiger partial charge in [-0.15, -0.1) is 0 Å². The molecule has 2 aromatic carbocycles. The van der Waals surface area contributed by atoms with Crippen molar-refractivity contribution >= 4 is 39.1 Å². The molecule has 0 aliphatic rings. The minimum atomic E-state index is 0.0466. The Morgan fingerprint density at radius 3 is 2.83 bits per heavy atom. The van der Waals surface area contributed by atoms with Crippen LogP contribution in [0.25, 0.3) is 21.9 Å². The van der Waals surface area contributed by atoms with E-state index in [0.717, 1.165) is 39.0 Å². The van der Waals surface area contributed by atoms with E-state index in [1.807, 2.05) is 49.4 Å². The lowest BCUT2D eigenvalue weighted by Gasteiger charge is -2.13. The highest BCUT2D eigenvalue weighted by molar-refractivity contribution is 6.10. The number of pyridine rings is 1. The smallest absolute Gasteiger partial charge is 0.159 e. The van der Waals surface area contributed by atoms with E-state index in [2.05, 4.69) is 20.3 Å². The number of imidazole rings is 1. The summed E-state index contributed by atoms with van der Waals surface area (Å²) in [6, 6.07) is 13.5. The van der Waals surface area contributed by atoms with Crippen LogP contribution in [-0.2, 0) is 0 Å². The number of benzene rings is 2. The van der Waals surface area contributed by atoms with Crippen molar-refractivity contribution in [3.05, 3.63) is 60.0 Å². The van der Waals surface area contributed by atoms with E-state index in [-0.39, 0.29) is 5.78 Å². The maximum atomic E-state index is 11.6. The number of hydrogen-bond donors (Lipinski definition) is 2. The lowest BCUT2D eigenvalue weighted by Crippen LogP contribution is -1.98. The molecule has 118 valence electrons. The largest absolute Gasteiger partial charge is 0.358 e. The van der Waals surface area contributed by atoms with Gasteiger partial charge >= 0.3 is 0 Å². The van der Waals surface area contributed by atoms with Crippen LogP contribution in [0.3, 0.4) is 0 Å². The standard InChI is InChI=1S/C19H16N4O/c1-11-8-17(23-14-5-3-4-13(9-14)12(2)24)18-15(22-11)6-7-16-19(18)21-10-20-16/h3-10,22-23H,1-2H3. The van der Waals surface area contributed by atoms with E-state index >= 15 is 0 Å². The van der Waals surface area contributed by atoms with E-state index < -0.39 is 0 Å². The molecule has 0 fully saturated rings. The molecule has 24 heavy (non-hydrogen) atoms. The van der Waals surface area contributed by atoms with Gasteiger partial charge in [-0.05, 0) is 44.2 Å². The molecule has 0 aliphatic heterocycles. The van der Waals surface area contributed by atoms with Gasteiger partial charge in [-0.3, -0.25) is 4.79 Å². The molecular formula is C19H16N4O. The number of Topliss-reactive ketones (excluding diaryl/α,β-unsaturated/α-hetero) is 1. The van der Waals surface area contributed by atoms with Crippen molar-refractivity contribution in [3.8, 4) is 0 Å². The number of ketones is 1. The molecule has 4 rings (SSSR count). The number of H-pyrrole nitrogens is 1. The molecule has 0 bridgehead atoms. The van der Waals surface area contributed by atoms with Gasteiger partial charge in [-0.1, -0.05) is 12.1 Å². The molecular weight excluding hydrogens is 300 g/mol. The fourth-order valence-corrected chi connectivity index (χ4v) is 2.95. The van der Waals surface area contributed by atoms with Crippen molar-refractivity contribution in [2.24, 2.45) is 0 Å². The molecule has 5 nitrogen and oxygen atoms in total. The number of anilines is 2. The summed E-state index contributed by atoms with van der Waals surface area (Å²) in [5, 5.41) is 4.41. The molecule has 0 saturated heterocycles. The van der Waals surface area contributed by atoms with Gasteiger partial charge in [0.25, 0.3) is 0 Å². The number of fused-ring (bicyclic) bond motifs is 3. The minimum Gasteiger partial charge on any atom is -0.358 e. The van der Waals surface area contributed by atoms with E-state index in [4.69, 9.17) is 0 Å². The molecule has 0 amide bonds. The van der Waals surface area contributed by atoms with E-state index in [1.54, 1.807) is 13.3 Å². The SMILES string of the molecule is CC(=O)c1cccc(Nc2cc(C)[nH]c3ccc4ncnc4c23)c1. The van der Waals surface area contributed by atoms with Crippen molar-refractivity contribution < 1.29 is 4.79 Å². The van der Waals surface area contributed by atoms with Gasteiger partial charge in [0, 0.05) is 27.8 Å². The average molecular weight is 316 g/mol. The summed E-state index contributed by atoms with van der Waals surface area (Å²) < 4.78 is 0. The monoisotopic (exact) mass is 316 g/mol. The van der Waals surface area contributed by atoms with Crippen molar-refractivity contribution in [2.45, 2.75) is 13.8 Å². The first-order valence-electron chi connectivity index (χ1n) is 7.73. The lowest BCUT2D eigenvalue weighted by atomic mass is 10.1. The molecule has 0 radical (unpaired) electrons. The first-order valence-corrected chi connectivity index (χ1v) is 7.73. The number of nitrogens with zero attached hydrogens (tertiary/aromatic N) is 2. The first-order chi connectivity index (χ1) is 11.6. The number of carbonyl (C=O) groups is 1. The summed E-state index contributed by atoms with van der Waals surface area (Å²) in [6.07, 6.45) is 1.57. The van der Waals surface area contributed by atoms with Crippen molar-refractivity contribution in [1.82, 2.24) is 15.0 Å². The Hall–Kier alpha value is -3.21. The number of carbonyl (C=O) groups excluding carboxylic acids is 1. The Bertz CT molecular complexity index is 1080. The van der Waals surface area contributed by atoms with E-state index in [0.29, 0.717) is 5.56 Å². The first kappa shape index (κ1) is 14.4. The maximum Gasteiger partial charge on any atom is 0.159 e. The fraction of sp³-hybridized carbons (Fsp3) is 0.105. The molecule has 0 aliphatic carbocycles. The fourth-order valence-electron chi connectivity index (χ4n) is 2.95. The topological polar surface area (TPSA) is 70.7 Å². The molecule has 2 heterocycles. The second-order valence-corrected chi connectivity index (χ2v) is 5.86. The Balaban J connectivity index is 1.91. The number of rotatable bonds is 3. The van der Waals surface area contributed by atoms with Crippen LogP contribution >= 0.6 is 0 Å². The number of aromatic nitrogens is 3. The van der Waals surface area contributed by atoms with Crippen LogP contribution in [-0.4, -0.2) is 20.7 Å². The van der Waals surface area contributed by atoms with Crippen molar-refractivity contribution in [2.75, 3.05) is 5.32 Å². The van der Waals surface area contributed by atoms with Crippen molar-refractivity contribution in [3.63, 3.8) is 0 Å². The highest BCUT2D eigenvalue weighted by atomic mass is 16.1. The van der Waals surface area contributed by atoms with E-state index in [9.17, 15) is 4.79 Å².